The quantitative estimate of drug-likeness (QED) is 0.318. The Balaban J connectivity index is 1.52. The van der Waals surface area contributed by atoms with Gasteiger partial charge in [0, 0.05) is 40.6 Å². The number of nitrogens with one attached hydrogen (secondary N) is 1. The molecule has 1 heterocycles. The van der Waals surface area contributed by atoms with Crippen LogP contribution in [0.5, 0.6) is 0 Å². The van der Waals surface area contributed by atoms with Crippen LogP contribution in [-0.2, 0) is 6.54 Å². The number of hydrogen-bond donors (Lipinski definition) is 1. The van der Waals surface area contributed by atoms with Crippen LogP contribution in [0, 0.1) is 13.8 Å². The topological polar surface area (TPSA) is 17.0 Å². The van der Waals surface area contributed by atoms with Crippen LogP contribution in [0.3, 0.4) is 0 Å². The van der Waals surface area contributed by atoms with Crippen molar-refractivity contribution in [1.82, 2.24) is 4.57 Å². The molecular formula is C29H26N2. The summed E-state index contributed by atoms with van der Waals surface area (Å²) in [4.78, 5) is 0. The van der Waals surface area contributed by atoms with Crippen LogP contribution in [-0.4, -0.2) is 4.57 Å². The van der Waals surface area contributed by atoms with E-state index in [1.807, 2.05) is 0 Å². The molecule has 0 saturated carbocycles. The van der Waals surface area contributed by atoms with Crippen molar-refractivity contribution >= 4 is 22.3 Å². The average molecular weight is 403 g/mol. The van der Waals surface area contributed by atoms with E-state index in [0.29, 0.717) is 0 Å². The summed E-state index contributed by atoms with van der Waals surface area (Å²) in [7, 11) is 0. The lowest BCUT2D eigenvalue weighted by atomic mass is 9.96. The van der Waals surface area contributed by atoms with Gasteiger partial charge in [0.25, 0.3) is 0 Å². The van der Waals surface area contributed by atoms with Gasteiger partial charge in [-0.3, -0.25) is 0 Å². The third-order valence-corrected chi connectivity index (χ3v) is 5.97. The van der Waals surface area contributed by atoms with Gasteiger partial charge in [-0.25, -0.2) is 0 Å². The van der Waals surface area contributed by atoms with Crippen molar-refractivity contribution < 1.29 is 0 Å². The van der Waals surface area contributed by atoms with Crippen molar-refractivity contribution in [2.24, 2.45) is 0 Å². The number of fused-ring (bicyclic) bond motifs is 1. The minimum absolute atomic E-state index is 0.884. The Morgan fingerprint density at radius 1 is 0.677 bits per heavy atom. The summed E-state index contributed by atoms with van der Waals surface area (Å²) < 4.78 is 2.33. The number of benzene rings is 4. The second kappa shape index (κ2) is 8.16. The van der Waals surface area contributed by atoms with Gasteiger partial charge in [0.15, 0.2) is 0 Å². The first-order valence-electron chi connectivity index (χ1n) is 10.7. The second-order valence-electron chi connectivity index (χ2n) is 8.14. The highest BCUT2D eigenvalue weighted by Crippen LogP contribution is 2.36. The van der Waals surface area contributed by atoms with E-state index in [4.69, 9.17) is 0 Å². The third kappa shape index (κ3) is 3.85. The lowest BCUT2D eigenvalue weighted by Crippen LogP contribution is -1.98. The van der Waals surface area contributed by atoms with Crippen molar-refractivity contribution in [3.05, 3.63) is 120 Å². The smallest absolute Gasteiger partial charge is 0.0486 e. The lowest BCUT2D eigenvalue weighted by Gasteiger charge is -2.15. The van der Waals surface area contributed by atoms with Crippen LogP contribution in [0.1, 0.15) is 16.7 Å². The molecule has 1 N–H and O–H groups in total. The number of anilines is 2. The molecule has 0 aliphatic rings. The second-order valence-corrected chi connectivity index (χ2v) is 8.14. The highest BCUT2D eigenvalue weighted by Gasteiger charge is 2.12. The van der Waals surface area contributed by atoms with Crippen LogP contribution in [0.15, 0.2) is 103 Å². The van der Waals surface area contributed by atoms with E-state index in [1.165, 1.54) is 38.7 Å². The van der Waals surface area contributed by atoms with Gasteiger partial charge in [-0.2, -0.15) is 0 Å². The molecule has 2 nitrogen and oxygen atoms in total. The van der Waals surface area contributed by atoms with E-state index in [1.54, 1.807) is 0 Å². The Bertz CT molecular complexity index is 1330. The molecule has 0 fully saturated rings. The molecule has 0 amide bonds. The van der Waals surface area contributed by atoms with Gasteiger partial charge in [-0.15, -0.1) is 0 Å². The van der Waals surface area contributed by atoms with Crippen LogP contribution >= 0.6 is 0 Å². The molecule has 5 rings (SSSR count). The molecule has 0 aliphatic carbocycles. The fraction of sp³-hybridized carbons (Fsp3) is 0.103. The minimum Gasteiger partial charge on any atom is -0.355 e. The molecule has 1 aromatic heterocycles. The van der Waals surface area contributed by atoms with E-state index in [0.717, 1.165) is 17.9 Å². The van der Waals surface area contributed by atoms with Crippen LogP contribution < -0.4 is 5.32 Å². The van der Waals surface area contributed by atoms with Gasteiger partial charge in [-0.1, -0.05) is 72.3 Å². The zero-order valence-electron chi connectivity index (χ0n) is 18.0. The number of aryl methyl sites for hydroxylation is 2. The molecule has 0 unspecified atom stereocenters. The van der Waals surface area contributed by atoms with Gasteiger partial charge in [0.05, 0.1) is 0 Å². The zero-order valence-corrected chi connectivity index (χ0v) is 18.0. The Morgan fingerprint density at radius 3 is 2.23 bits per heavy atom. The van der Waals surface area contributed by atoms with E-state index < -0.39 is 0 Å². The number of para-hydroxylation sites is 1. The molecular weight excluding hydrogens is 376 g/mol. The fourth-order valence-corrected chi connectivity index (χ4v) is 4.25. The Morgan fingerprint density at radius 2 is 1.42 bits per heavy atom. The minimum atomic E-state index is 0.884. The third-order valence-electron chi connectivity index (χ3n) is 5.97. The Hall–Kier alpha value is -3.78. The number of aromatic nitrogens is 1. The van der Waals surface area contributed by atoms with E-state index >= 15 is 0 Å². The van der Waals surface area contributed by atoms with Crippen LogP contribution in [0.2, 0.25) is 0 Å². The van der Waals surface area contributed by atoms with Gasteiger partial charge < -0.3 is 9.88 Å². The summed E-state index contributed by atoms with van der Waals surface area (Å²) in [6.07, 6.45) is 2.20. The lowest BCUT2D eigenvalue weighted by molar-refractivity contribution is 0.837. The van der Waals surface area contributed by atoms with E-state index in [2.05, 4.69) is 127 Å². The van der Waals surface area contributed by atoms with Crippen molar-refractivity contribution in [2.45, 2.75) is 20.4 Å². The zero-order chi connectivity index (χ0) is 21.2. The molecule has 0 radical (unpaired) electrons. The molecule has 0 spiro atoms. The maximum atomic E-state index is 3.61. The first kappa shape index (κ1) is 19.2. The molecule has 0 bridgehead atoms. The maximum Gasteiger partial charge on any atom is 0.0486 e. The predicted molar refractivity (Wildman–Crippen MR) is 132 cm³/mol. The normalized spacial score (nSPS) is 11.0. The van der Waals surface area contributed by atoms with Gasteiger partial charge in [0.1, 0.15) is 0 Å². The Kier molecular flexibility index (Phi) is 5.05. The summed E-state index contributed by atoms with van der Waals surface area (Å²) >= 11 is 0. The number of hydrogen-bond acceptors (Lipinski definition) is 1. The summed E-state index contributed by atoms with van der Waals surface area (Å²) in [5.74, 6) is 0. The van der Waals surface area contributed by atoms with Crippen LogP contribution in [0.25, 0.3) is 22.0 Å². The molecule has 152 valence electrons. The van der Waals surface area contributed by atoms with Gasteiger partial charge >= 0.3 is 0 Å². The first-order chi connectivity index (χ1) is 15.2. The molecule has 4 aromatic carbocycles. The molecule has 5 aromatic rings. The summed E-state index contributed by atoms with van der Waals surface area (Å²) in [5.41, 5.74) is 9.87. The largest absolute Gasteiger partial charge is 0.355 e. The highest BCUT2D eigenvalue weighted by atomic mass is 14.9. The first-order valence-corrected chi connectivity index (χ1v) is 10.7. The molecule has 0 atom stereocenters. The predicted octanol–water partition coefficient (Wildman–Crippen LogP) is 7.72. The summed E-state index contributed by atoms with van der Waals surface area (Å²) in [6, 6.07) is 34.5. The molecule has 31 heavy (non-hydrogen) atoms. The van der Waals surface area contributed by atoms with Gasteiger partial charge in [0.2, 0.25) is 0 Å². The monoisotopic (exact) mass is 402 g/mol. The van der Waals surface area contributed by atoms with Gasteiger partial charge in [-0.05, 0) is 60.9 Å². The van der Waals surface area contributed by atoms with E-state index in [9.17, 15) is 0 Å². The fourth-order valence-electron chi connectivity index (χ4n) is 4.25. The van der Waals surface area contributed by atoms with Crippen LogP contribution in [0.4, 0.5) is 11.4 Å². The highest BCUT2D eigenvalue weighted by molar-refractivity contribution is 5.93. The van der Waals surface area contributed by atoms with Crippen molar-refractivity contribution in [3.8, 4) is 11.1 Å². The number of nitrogens with zero attached hydrogens (tertiary/aromatic N) is 1. The molecule has 2 heteroatoms. The molecule has 0 aliphatic heterocycles. The summed E-state index contributed by atoms with van der Waals surface area (Å²) in [6.45, 7) is 5.22. The average Bonchev–Trinajstić information content (AvgIpc) is 3.20. The SMILES string of the molecule is Cc1ccc(Nc2ccccc2-c2ccc3c(ccn3Cc3ccccc3)c2C)cc1. The Labute approximate surface area is 183 Å². The van der Waals surface area contributed by atoms with Crippen molar-refractivity contribution in [1.29, 1.82) is 0 Å². The molecule has 0 saturated heterocycles. The van der Waals surface area contributed by atoms with Crippen molar-refractivity contribution in [3.63, 3.8) is 0 Å². The maximum absolute atomic E-state index is 3.61. The standard InChI is InChI=1S/C29H26N2/c1-21-12-14-24(15-13-21)30-28-11-7-6-10-27(28)25-16-17-29-26(22(25)2)18-19-31(29)20-23-8-4-3-5-9-23/h3-19,30H,20H2,1-2H3. The van der Waals surface area contributed by atoms with E-state index in [-0.39, 0.29) is 0 Å². The van der Waals surface area contributed by atoms with Crippen molar-refractivity contribution in [2.75, 3.05) is 5.32 Å². The summed E-state index contributed by atoms with van der Waals surface area (Å²) in [5, 5.41) is 4.91. The number of rotatable bonds is 5.